The van der Waals surface area contributed by atoms with Crippen molar-refractivity contribution in [1.29, 1.82) is 0 Å². The zero-order valence-electron chi connectivity index (χ0n) is 13.3. The first kappa shape index (κ1) is 18.1. The number of rotatable bonds is 4. The monoisotopic (exact) mass is 373 g/mol. The molecule has 0 bridgehead atoms. The molecule has 2 unspecified atom stereocenters. The van der Waals surface area contributed by atoms with Crippen LogP contribution in [0.5, 0.6) is 0 Å². The molecule has 1 amide bonds. The van der Waals surface area contributed by atoms with Gasteiger partial charge >= 0.3 is 12.1 Å². The van der Waals surface area contributed by atoms with Crippen LogP contribution in [-0.4, -0.2) is 34.0 Å². The topological polar surface area (TPSA) is 66.4 Å². The minimum atomic E-state index is -4.47. The Kier molecular flexibility index (Phi) is 4.74. The van der Waals surface area contributed by atoms with E-state index in [9.17, 15) is 27.9 Å². The first-order valence-corrected chi connectivity index (χ1v) is 9.19. The molecule has 1 saturated carbocycles. The van der Waals surface area contributed by atoms with Crippen molar-refractivity contribution in [1.82, 2.24) is 5.32 Å². The van der Waals surface area contributed by atoms with E-state index in [0.717, 1.165) is 6.07 Å². The second kappa shape index (κ2) is 6.55. The molecule has 4 nitrogen and oxygen atoms in total. The molecule has 136 valence electrons. The van der Waals surface area contributed by atoms with Crippen LogP contribution in [-0.2, 0) is 15.8 Å². The molecule has 1 aliphatic heterocycles. The van der Waals surface area contributed by atoms with Crippen LogP contribution < -0.4 is 5.32 Å². The molecule has 1 aliphatic carbocycles. The summed E-state index contributed by atoms with van der Waals surface area (Å²) in [5.41, 5.74) is -1.91. The van der Waals surface area contributed by atoms with Gasteiger partial charge in [-0.3, -0.25) is 4.79 Å². The van der Waals surface area contributed by atoms with Crippen molar-refractivity contribution >= 4 is 23.6 Å². The van der Waals surface area contributed by atoms with Crippen LogP contribution in [0.15, 0.2) is 24.3 Å². The number of carboxylic acid groups (broad SMARTS) is 1. The summed E-state index contributed by atoms with van der Waals surface area (Å²) in [7, 11) is 0. The van der Waals surface area contributed by atoms with E-state index in [0.29, 0.717) is 30.8 Å². The molecule has 0 aromatic heterocycles. The summed E-state index contributed by atoms with van der Waals surface area (Å²) in [5, 5.41) is 12.1. The van der Waals surface area contributed by atoms with Crippen molar-refractivity contribution in [2.24, 2.45) is 5.92 Å². The molecule has 2 fully saturated rings. The maximum atomic E-state index is 13.1. The predicted molar refractivity (Wildman–Crippen MR) is 87.4 cm³/mol. The van der Waals surface area contributed by atoms with E-state index in [1.54, 1.807) is 11.8 Å². The number of amides is 1. The lowest BCUT2D eigenvalue weighted by Crippen LogP contribution is -2.57. The first-order valence-electron chi connectivity index (χ1n) is 8.04. The SMILES string of the molecule is O=C(NC1(C(=O)O)CCSCC1)C1CC1c1ccccc1C(F)(F)F. The Morgan fingerprint density at radius 2 is 1.84 bits per heavy atom. The molecule has 2 atom stereocenters. The van der Waals surface area contributed by atoms with Gasteiger partial charge < -0.3 is 10.4 Å². The fourth-order valence-electron chi connectivity index (χ4n) is 3.35. The molecule has 0 spiro atoms. The molecule has 0 radical (unpaired) electrons. The number of thioether (sulfide) groups is 1. The summed E-state index contributed by atoms with van der Waals surface area (Å²) in [6, 6.07) is 5.25. The molecular formula is C17H18F3NO3S. The number of nitrogens with one attached hydrogen (secondary N) is 1. The van der Waals surface area contributed by atoms with Gasteiger partial charge in [0.25, 0.3) is 0 Å². The van der Waals surface area contributed by atoms with Gasteiger partial charge in [-0.1, -0.05) is 18.2 Å². The number of carbonyl (C=O) groups is 2. The van der Waals surface area contributed by atoms with E-state index >= 15 is 0 Å². The molecule has 2 aliphatic rings. The van der Waals surface area contributed by atoms with Crippen molar-refractivity contribution < 1.29 is 27.9 Å². The fraction of sp³-hybridized carbons (Fsp3) is 0.529. The Hall–Kier alpha value is -1.70. The quantitative estimate of drug-likeness (QED) is 0.850. The second-order valence-corrected chi connectivity index (χ2v) is 7.75. The van der Waals surface area contributed by atoms with Crippen molar-refractivity contribution in [2.75, 3.05) is 11.5 Å². The summed E-state index contributed by atoms with van der Waals surface area (Å²) in [5.74, 6) is -1.38. The highest BCUT2D eigenvalue weighted by molar-refractivity contribution is 7.99. The molecule has 1 heterocycles. The average molecular weight is 373 g/mol. The highest BCUT2D eigenvalue weighted by atomic mass is 32.2. The van der Waals surface area contributed by atoms with E-state index in [4.69, 9.17) is 0 Å². The maximum Gasteiger partial charge on any atom is 0.416 e. The highest BCUT2D eigenvalue weighted by Gasteiger charge is 2.51. The standard InChI is InChI=1S/C17H18F3NO3S/c18-17(19,20)13-4-2-1-3-10(13)11-9-12(11)14(22)21-16(15(23)24)5-7-25-8-6-16/h1-4,11-12H,5-9H2,(H,21,22)(H,23,24). The van der Waals surface area contributed by atoms with Gasteiger partial charge in [0.2, 0.25) is 5.91 Å². The van der Waals surface area contributed by atoms with Crippen LogP contribution in [0.2, 0.25) is 0 Å². The van der Waals surface area contributed by atoms with E-state index in [2.05, 4.69) is 5.32 Å². The van der Waals surface area contributed by atoms with E-state index in [1.165, 1.54) is 18.2 Å². The van der Waals surface area contributed by atoms with Gasteiger partial charge in [-0.25, -0.2) is 4.79 Å². The summed E-state index contributed by atoms with van der Waals surface area (Å²) < 4.78 is 39.4. The molecular weight excluding hydrogens is 355 g/mol. The zero-order valence-corrected chi connectivity index (χ0v) is 14.1. The number of halogens is 3. The third-order valence-corrected chi connectivity index (χ3v) is 5.90. The summed E-state index contributed by atoms with van der Waals surface area (Å²) in [6.45, 7) is 0. The lowest BCUT2D eigenvalue weighted by Gasteiger charge is -2.33. The van der Waals surface area contributed by atoms with Gasteiger partial charge in [-0.05, 0) is 48.3 Å². The number of hydrogen-bond donors (Lipinski definition) is 2. The van der Waals surface area contributed by atoms with E-state index in [1.807, 2.05) is 0 Å². The van der Waals surface area contributed by atoms with Gasteiger partial charge in [0.1, 0.15) is 5.54 Å². The fourth-order valence-corrected chi connectivity index (χ4v) is 4.54. The molecule has 1 aromatic carbocycles. The number of alkyl halides is 3. The normalized spacial score (nSPS) is 25.2. The number of hydrogen-bond acceptors (Lipinski definition) is 3. The Labute approximate surface area is 147 Å². The second-order valence-electron chi connectivity index (χ2n) is 6.52. The Balaban J connectivity index is 1.74. The summed E-state index contributed by atoms with van der Waals surface area (Å²) in [6.07, 6.45) is -3.50. The van der Waals surface area contributed by atoms with Crippen molar-refractivity contribution in [2.45, 2.75) is 36.9 Å². The third-order valence-electron chi connectivity index (χ3n) is 4.91. The van der Waals surface area contributed by atoms with Gasteiger partial charge in [-0.2, -0.15) is 24.9 Å². The largest absolute Gasteiger partial charge is 0.480 e. The molecule has 2 N–H and O–H groups in total. The summed E-state index contributed by atoms with van der Waals surface area (Å²) in [4.78, 5) is 24.1. The predicted octanol–water partition coefficient (Wildman–Crippen LogP) is 3.28. The van der Waals surface area contributed by atoms with E-state index in [-0.39, 0.29) is 5.56 Å². The van der Waals surface area contributed by atoms with Crippen molar-refractivity contribution in [3.8, 4) is 0 Å². The Morgan fingerprint density at radius 3 is 2.44 bits per heavy atom. The average Bonchev–Trinajstić information content (AvgIpc) is 3.35. The molecule has 3 rings (SSSR count). The highest BCUT2D eigenvalue weighted by Crippen LogP contribution is 2.51. The third kappa shape index (κ3) is 3.63. The maximum absolute atomic E-state index is 13.1. The van der Waals surface area contributed by atoms with Crippen molar-refractivity contribution in [3.63, 3.8) is 0 Å². The minimum Gasteiger partial charge on any atom is -0.480 e. The van der Waals surface area contributed by atoms with Gasteiger partial charge in [0, 0.05) is 5.92 Å². The Morgan fingerprint density at radius 1 is 1.20 bits per heavy atom. The molecule has 8 heteroatoms. The van der Waals surface area contributed by atoms with Crippen molar-refractivity contribution in [3.05, 3.63) is 35.4 Å². The van der Waals surface area contributed by atoms with Gasteiger partial charge in [0.15, 0.2) is 0 Å². The Bertz CT molecular complexity index is 686. The summed E-state index contributed by atoms with van der Waals surface area (Å²) >= 11 is 1.63. The molecule has 1 aromatic rings. The van der Waals surface area contributed by atoms with Crippen LogP contribution in [0.1, 0.15) is 36.3 Å². The van der Waals surface area contributed by atoms with Crippen LogP contribution >= 0.6 is 11.8 Å². The number of carbonyl (C=O) groups excluding carboxylic acids is 1. The first-order chi connectivity index (χ1) is 11.7. The van der Waals surface area contributed by atoms with Gasteiger partial charge in [-0.15, -0.1) is 0 Å². The van der Waals surface area contributed by atoms with Crippen LogP contribution in [0.25, 0.3) is 0 Å². The molecule has 25 heavy (non-hydrogen) atoms. The lowest BCUT2D eigenvalue weighted by molar-refractivity contribution is -0.148. The van der Waals surface area contributed by atoms with Crippen LogP contribution in [0.4, 0.5) is 13.2 Å². The smallest absolute Gasteiger partial charge is 0.416 e. The zero-order chi connectivity index (χ0) is 18.2. The lowest BCUT2D eigenvalue weighted by atomic mass is 9.91. The number of aliphatic carboxylic acids is 1. The van der Waals surface area contributed by atoms with Crippen LogP contribution in [0.3, 0.4) is 0 Å². The van der Waals surface area contributed by atoms with Gasteiger partial charge in [0.05, 0.1) is 5.56 Å². The van der Waals surface area contributed by atoms with Crippen LogP contribution in [0, 0.1) is 5.92 Å². The number of benzene rings is 1. The number of carboxylic acids is 1. The molecule has 1 saturated heterocycles. The van der Waals surface area contributed by atoms with E-state index < -0.39 is 41.0 Å². The minimum absolute atomic E-state index is 0.110.